The molecular weight excluding hydrogens is 268 g/mol. The fraction of sp³-hybridized carbons (Fsp3) is 0.125. The van der Waals surface area contributed by atoms with Gasteiger partial charge in [0.25, 0.3) is 5.91 Å². The van der Waals surface area contributed by atoms with Crippen molar-refractivity contribution in [1.82, 2.24) is 4.40 Å². The summed E-state index contributed by atoms with van der Waals surface area (Å²) < 4.78 is 6.71. The third kappa shape index (κ3) is 2.03. The topological polar surface area (TPSA) is 73.8 Å². The molecule has 0 aliphatic carbocycles. The number of rotatable bonds is 3. The maximum Gasteiger partial charge on any atom is 0.340 e. The first kappa shape index (κ1) is 13.2. The van der Waals surface area contributed by atoms with Crippen molar-refractivity contribution >= 4 is 28.2 Å². The quantitative estimate of drug-likeness (QED) is 0.749. The van der Waals surface area contributed by atoms with Crippen LogP contribution in [-0.2, 0) is 4.74 Å². The Kier molecular flexibility index (Phi) is 3.10. The predicted octanol–water partition coefficient (Wildman–Crippen LogP) is 2.37. The first-order valence-electron chi connectivity index (χ1n) is 6.63. The van der Waals surface area contributed by atoms with Gasteiger partial charge in [0.05, 0.1) is 17.7 Å². The van der Waals surface area contributed by atoms with Crippen LogP contribution < -0.4 is 5.73 Å². The van der Waals surface area contributed by atoms with Crippen LogP contribution in [-0.4, -0.2) is 22.9 Å². The van der Waals surface area contributed by atoms with Gasteiger partial charge in [-0.15, -0.1) is 0 Å². The molecule has 1 aromatic carbocycles. The standard InChI is InChI=1S/C16H14N2O3/c1-2-21-16(20)12-9-13(15(17)19)18-8-7-10-5-3-4-6-11(10)14(12)18/h3-9H,2H2,1H3,(H2,17,19). The average molecular weight is 282 g/mol. The number of hydrogen-bond donors (Lipinski definition) is 1. The Morgan fingerprint density at radius 3 is 2.71 bits per heavy atom. The Labute approximate surface area is 120 Å². The summed E-state index contributed by atoms with van der Waals surface area (Å²) in [6.07, 6.45) is 1.74. The summed E-state index contributed by atoms with van der Waals surface area (Å²) in [6, 6.07) is 11.0. The van der Waals surface area contributed by atoms with Crippen molar-refractivity contribution in [2.75, 3.05) is 6.61 Å². The van der Waals surface area contributed by atoms with Crippen LogP contribution in [0.25, 0.3) is 16.3 Å². The van der Waals surface area contributed by atoms with Gasteiger partial charge in [-0.3, -0.25) is 4.79 Å². The molecule has 0 atom stereocenters. The van der Waals surface area contributed by atoms with Gasteiger partial charge in [-0.2, -0.15) is 0 Å². The molecule has 5 heteroatoms. The van der Waals surface area contributed by atoms with Crippen LogP contribution in [0.5, 0.6) is 0 Å². The number of hydrogen-bond acceptors (Lipinski definition) is 3. The van der Waals surface area contributed by atoms with Gasteiger partial charge in [0.2, 0.25) is 0 Å². The molecule has 2 aromatic heterocycles. The highest BCUT2D eigenvalue weighted by atomic mass is 16.5. The van der Waals surface area contributed by atoms with E-state index in [1.807, 2.05) is 30.3 Å². The van der Waals surface area contributed by atoms with Crippen molar-refractivity contribution in [1.29, 1.82) is 0 Å². The number of primary amides is 1. The number of aromatic nitrogens is 1. The SMILES string of the molecule is CCOC(=O)c1cc(C(N)=O)n2ccc3ccccc3c12. The second-order valence-electron chi connectivity index (χ2n) is 4.65. The van der Waals surface area contributed by atoms with Crippen molar-refractivity contribution in [3.05, 3.63) is 53.9 Å². The lowest BCUT2D eigenvalue weighted by Gasteiger charge is -2.05. The van der Waals surface area contributed by atoms with E-state index in [-0.39, 0.29) is 12.3 Å². The molecule has 0 aliphatic heterocycles. The lowest BCUT2D eigenvalue weighted by Crippen LogP contribution is -2.13. The molecule has 0 fully saturated rings. The van der Waals surface area contributed by atoms with E-state index in [0.29, 0.717) is 11.1 Å². The van der Waals surface area contributed by atoms with E-state index in [9.17, 15) is 9.59 Å². The zero-order chi connectivity index (χ0) is 15.0. The number of nitrogens with zero attached hydrogens (tertiary/aromatic N) is 1. The number of carbonyl (C=O) groups excluding carboxylic acids is 2. The number of amides is 1. The van der Waals surface area contributed by atoms with Crippen molar-refractivity contribution in [2.45, 2.75) is 6.92 Å². The van der Waals surface area contributed by atoms with Gasteiger partial charge in [0.15, 0.2) is 0 Å². The molecule has 3 rings (SSSR count). The number of esters is 1. The fourth-order valence-electron chi connectivity index (χ4n) is 2.52. The number of ether oxygens (including phenoxy) is 1. The van der Waals surface area contributed by atoms with E-state index in [1.165, 1.54) is 6.07 Å². The van der Waals surface area contributed by atoms with E-state index in [4.69, 9.17) is 10.5 Å². The monoisotopic (exact) mass is 282 g/mol. The smallest absolute Gasteiger partial charge is 0.340 e. The largest absolute Gasteiger partial charge is 0.462 e. The van der Waals surface area contributed by atoms with E-state index < -0.39 is 11.9 Å². The summed E-state index contributed by atoms with van der Waals surface area (Å²) in [6.45, 7) is 2.01. The van der Waals surface area contributed by atoms with Gasteiger partial charge in [0.1, 0.15) is 5.69 Å². The highest BCUT2D eigenvalue weighted by molar-refractivity contribution is 6.10. The zero-order valence-electron chi connectivity index (χ0n) is 11.5. The lowest BCUT2D eigenvalue weighted by atomic mass is 10.1. The molecule has 0 saturated heterocycles. The van der Waals surface area contributed by atoms with Gasteiger partial charge in [-0.25, -0.2) is 4.79 Å². The number of carbonyl (C=O) groups is 2. The maximum absolute atomic E-state index is 12.2. The predicted molar refractivity (Wildman–Crippen MR) is 79.4 cm³/mol. The third-order valence-electron chi connectivity index (χ3n) is 3.40. The fourth-order valence-corrected chi connectivity index (χ4v) is 2.52. The summed E-state index contributed by atoms with van der Waals surface area (Å²) in [4.78, 5) is 23.7. The molecule has 0 bridgehead atoms. The average Bonchev–Trinajstić information content (AvgIpc) is 2.87. The van der Waals surface area contributed by atoms with Gasteiger partial charge in [0, 0.05) is 11.6 Å². The van der Waals surface area contributed by atoms with Crippen molar-refractivity contribution in [3.8, 4) is 0 Å². The molecule has 0 spiro atoms. The first-order chi connectivity index (χ1) is 10.1. The minimum absolute atomic E-state index is 0.263. The van der Waals surface area contributed by atoms with E-state index in [2.05, 4.69) is 0 Å². The summed E-state index contributed by atoms with van der Waals surface area (Å²) in [5.74, 6) is -1.05. The van der Waals surface area contributed by atoms with E-state index in [0.717, 1.165) is 10.8 Å². The van der Waals surface area contributed by atoms with Crippen LogP contribution >= 0.6 is 0 Å². The molecule has 0 unspecified atom stereocenters. The molecule has 21 heavy (non-hydrogen) atoms. The van der Waals surface area contributed by atoms with Crippen LogP contribution in [0.15, 0.2) is 42.6 Å². The number of nitrogens with two attached hydrogens (primary N) is 1. The van der Waals surface area contributed by atoms with Gasteiger partial charge in [-0.05, 0) is 24.4 Å². The molecule has 5 nitrogen and oxygen atoms in total. The second-order valence-corrected chi connectivity index (χ2v) is 4.65. The lowest BCUT2D eigenvalue weighted by molar-refractivity contribution is 0.0529. The molecule has 2 N–H and O–H groups in total. The summed E-state index contributed by atoms with van der Waals surface area (Å²) in [5, 5.41) is 1.85. The molecule has 0 aliphatic rings. The number of benzene rings is 1. The molecular formula is C16H14N2O3. The second kappa shape index (κ2) is 4.94. The van der Waals surface area contributed by atoms with E-state index in [1.54, 1.807) is 17.5 Å². The Balaban J connectivity index is 2.42. The Morgan fingerprint density at radius 1 is 1.24 bits per heavy atom. The van der Waals surface area contributed by atoms with E-state index >= 15 is 0 Å². The Bertz CT molecular complexity index is 864. The molecule has 0 radical (unpaired) electrons. The van der Waals surface area contributed by atoms with Crippen LogP contribution in [0, 0.1) is 0 Å². The highest BCUT2D eigenvalue weighted by Gasteiger charge is 2.20. The summed E-state index contributed by atoms with van der Waals surface area (Å²) in [7, 11) is 0. The molecule has 3 aromatic rings. The van der Waals surface area contributed by atoms with Gasteiger partial charge in [-0.1, -0.05) is 24.3 Å². The van der Waals surface area contributed by atoms with Gasteiger partial charge >= 0.3 is 5.97 Å². The Morgan fingerprint density at radius 2 is 2.00 bits per heavy atom. The third-order valence-corrected chi connectivity index (χ3v) is 3.40. The van der Waals surface area contributed by atoms with Crippen LogP contribution in [0.2, 0.25) is 0 Å². The summed E-state index contributed by atoms with van der Waals surface area (Å²) in [5.41, 5.74) is 6.65. The minimum atomic E-state index is -0.587. The van der Waals surface area contributed by atoms with Crippen LogP contribution in [0.4, 0.5) is 0 Å². The molecule has 1 amide bonds. The highest BCUT2D eigenvalue weighted by Crippen LogP contribution is 2.26. The van der Waals surface area contributed by atoms with Crippen molar-refractivity contribution < 1.29 is 14.3 Å². The molecule has 0 saturated carbocycles. The number of fused-ring (bicyclic) bond motifs is 3. The van der Waals surface area contributed by atoms with Crippen LogP contribution in [0.3, 0.4) is 0 Å². The van der Waals surface area contributed by atoms with Gasteiger partial charge < -0.3 is 14.9 Å². The van der Waals surface area contributed by atoms with Crippen molar-refractivity contribution in [3.63, 3.8) is 0 Å². The Hall–Kier alpha value is -2.82. The normalized spacial score (nSPS) is 10.9. The molecule has 106 valence electrons. The zero-order valence-corrected chi connectivity index (χ0v) is 11.5. The molecule has 2 heterocycles. The summed E-state index contributed by atoms with van der Waals surface area (Å²) >= 11 is 0. The first-order valence-corrected chi connectivity index (χ1v) is 6.63. The maximum atomic E-state index is 12.2. The van der Waals surface area contributed by atoms with Crippen LogP contribution in [0.1, 0.15) is 27.8 Å². The minimum Gasteiger partial charge on any atom is -0.462 e. The number of pyridine rings is 1. The van der Waals surface area contributed by atoms with Crippen molar-refractivity contribution in [2.24, 2.45) is 5.73 Å².